The van der Waals surface area contributed by atoms with Gasteiger partial charge in [0.1, 0.15) is 0 Å². The van der Waals surface area contributed by atoms with Crippen LogP contribution in [0, 0.1) is 12.8 Å². The molecule has 2 heterocycles. The van der Waals surface area contributed by atoms with E-state index >= 15 is 0 Å². The smallest absolute Gasteiger partial charge is 0.260 e. The Hall–Kier alpha value is -2.55. The SMILES string of the molecule is Cc1c(N2CCC(C)CC2)c2ccccc2n(-c2ccccc2)c1=O. The lowest BCUT2D eigenvalue weighted by Crippen LogP contribution is -2.35. The Morgan fingerprint density at radius 3 is 2.28 bits per heavy atom. The van der Waals surface area contributed by atoms with Gasteiger partial charge in [-0.15, -0.1) is 0 Å². The molecule has 3 nitrogen and oxygen atoms in total. The van der Waals surface area contributed by atoms with Gasteiger partial charge in [0, 0.05) is 29.7 Å². The Balaban J connectivity index is 1.98. The van der Waals surface area contributed by atoms with Crippen molar-refractivity contribution < 1.29 is 0 Å². The highest BCUT2D eigenvalue weighted by atomic mass is 16.1. The topological polar surface area (TPSA) is 25.2 Å². The van der Waals surface area contributed by atoms with Crippen molar-refractivity contribution in [3.8, 4) is 5.69 Å². The lowest BCUT2D eigenvalue weighted by molar-refractivity contribution is 0.438. The fourth-order valence-corrected chi connectivity index (χ4v) is 3.92. The molecule has 128 valence electrons. The van der Waals surface area contributed by atoms with Crippen LogP contribution in [0.4, 0.5) is 5.69 Å². The molecule has 0 saturated carbocycles. The van der Waals surface area contributed by atoms with Crippen molar-refractivity contribution in [3.05, 3.63) is 70.5 Å². The van der Waals surface area contributed by atoms with Crippen LogP contribution in [0.25, 0.3) is 16.6 Å². The average Bonchev–Trinajstić information content (AvgIpc) is 2.65. The molecule has 1 aromatic heterocycles. The van der Waals surface area contributed by atoms with Gasteiger partial charge in [-0.1, -0.05) is 43.3 Å². The first-order valence-electron chi connectivity index (χ1n) is 9.11. The van der Waals surface area contributed by atoms with Crippen molar-refractivity contribution in [2.45, 2.75) is 26.7 Å². The second kappa shape index (κ2) is 6.40. The molecule has 1 aliphatic rings. The first kappa shape index (κ1) is 15.9. The molecule has 2 aromatic carbocycles. The number of fused-ring (bicyclic) bond motifs is 1. The van der Waals surface area contributed by atoms with E-state index in [-0.39, 0.29) is 5.56 Å². The quantitative estimate of drug-likeness (QED) is 0.688. The second-order valence-electron chi connectivity index (χ2n) is 7.14. The molecule has 1 aliphatic heterocycles. The zero-order chi connectivity index (χ0) is 17.4. The molecule has 3 aromatic rings. The maximum atomic E-state index is 13.2. The number of piperidine rings is 1. The zero-order valence-electron chi connectivity index (χ0n) is 14.9. The molecule has 0 amide bonds. The summed E-state index contributed by atoms with van der Waals surface area (Å²) in [7, 11) is 0. The van der Waals surface area contributed by atoms with Crippen molar-refractivity contribution in [2.75, 3.05) is 18.0 Å². The molecular formula is C22H24N2O. The van der Waals surface area contributed by atoms with Crippen LogP contribution < -0.4 is 10.5 Å². The molecule has 25 heavy (non-hydrogen) atoms. The first-order valence-corrected chi connectivity index (χ1v) is 9.11. The summed E-state index contributed by atoms with van der Waals surface area (Å²) in [6, 6.07) is 18.2. The van der Waals surface area contributed by atoms with Crippen molar-refractivity contribution in [1.82, 2.24) is 4.57 Å². The van der Waals surface area contributed by atoms with Gasteiger partial charge in [0.25, 0.3) is 5.56 Å². The minimum absolute atomic E-state index is 0.0820. The van der Waals surface area contributed by atoms with Crippen molar-refractivity contribution >= 4 is 16.6 Å². The van der Waals surface area contributed by atoms with E-state index in [9.17, 15) is 4.79 Å². The van der Waals surface area contributed by atoms with Gasteiger partial charge in [0.2, 0.25) is 0 Å². The average molecular weight is 332 g/mol. The lowest BCUT2D eigenvalue weighted by Gasteiger charge is -2.34. The Morgan fingerprint density at radius 2 is 1.56 bits per heavy atom. The van der Waals surface area contributed by atoms with Crippen molar-refractivity contribution in [1.29, 1.82) is 0 Å². The van der Waals surface area contributed by atoms with E-state index in [4.69, 9.17) is 0 Å². The molecule has 0 radical (unpaired) electrons. The van der Waals surface area contributed by atoms with E-state index in [2.05, 4.69) is 30.0 Å². The molecule has 0 aliphatic carbocycles. The Kier molecular flexibility index (Phi) is 4.08. The minimum Gasteiger partial charge on any atom is -0.371 e. The highest BCUT2D eigenvalue weighted by Gasteiger charge is 2.22. The molecule has 0 unspecified atom stereocenters. The van der Waals surface area contributed by atoms with E-state index in [1.165, 1.54) is 12.8 Å². The summed E-state index contributed by atoms with van der Waals surface area (Å²) in [5.74, 6) is 0.771. The van der Waals surface area contributed by atoms with Gasteiger partial charge in [0.05, 0.1) is 11.2 Å². The Morgan fingerprint density at radius 1 is 0.920 bits per heavy atom. The summed E-state index contributed by atoms with van der Waals surface area (Å²) in [5, 5.41) is 1.16. The van der Waals surface area contributed by atoms with Crippen LogP contribution in [0.15, 0.2) is 59.4 Å². The molecule has 3 heteroatoms. The van der Waals surface area contributed by atoms with Gasteiger partial charge >= 0.3 is 0 Å². The van der Waals surface area contributed by atoms with Crippen LogP contribution in [-0.4, -0.2) is 17.7 Å². The maximum absolute atomic E-state index is 13.2. The van der Waals surface area contributed by atoms with Crippen LogP contribution in [0.5, 0.6) is 0 Å². The fraction of sp³-hybridized carbons (Fsp3) is 0.318. The summed E-state index contributed by atoms with van der Waals surface area (Å²) in [5.41, 5.74) is 3.96. The zero-order valence-corrected chi connectivity index (χ0v) is 14.9. The van der Waals surface area contributed by atoms with E-state index in [1.807, 2.05) is 47.9 Å². The molecule has 0 atom stereocenters. The highest BCUT2D eigenvalue weighted by molar-refractivity contribution is 5.94. The molecule has 1 fully saturated rings. The van der Waals surface area contributed by atoms with E-state index in [1.54, 1.807) is 0 Å². The van der Waals surface area contributed by atoms with E-state index < -0.39 is 0 Å². The predicted octanol–water partition coefficient (Wildman–Crippen LogP) is 4.54. The van der Waals surface area contributed by atoms with Crippen molar-refractivity contribution in [2.24, 2.45) is 5.92 Å². The minimum atomic E-state index is 0.0820. The van der Waals surface area contributed by atoms with Gasteiger partial charge in [-0.05, 0) is 43.9 Å². The van der Waals surface area contributed by atoms with Gasteiger partial charge < -0.3 is 4.90 Å². The number of para-hydroxylation sites is 2. The lowest BCUT2D eigenvalue weighted by atomic mass is 9.97. The number of benzene rings is 2. The van der Waals surface area contributed by atoms with Gasteiger partial charge in [-0.25, -0.2) is 0 Å². The first-order chi connectivity index (χ1) is 12.2. The highest BCUT2D eigenvalue weighted by Crippen LogP contribution is 2.32. The molecule has 0 N–H and O–H groups in total. The third kappa shape index (κ3) is 2.74. The molecule has 1 saturated heterocycles. The van der Waals surface area contributed by atoms with Crippen LogP contribution in [-0.2, 0) is 0 Å². The standard InChI is InChI=1S/C22H24N2O/c1-16-12-14-23(15-13-16)21-17(2)22(25)24(18-8-4-3-5-9-18)20-11-7-6-10-19(20)21/h3-11,16H,12-15H2,1-2H3. The number of nitrogens with zero attached hydrogens (tertiary/aromatic N) is 2. The van der Waals surface area contributed by atoms with Crippen LogP contribution in [0.1, 0.15) is 25.3 Å². The summed E-state index contributed by atoms with van der Waals surface area (Å²) in [6.07, 6.45) is 2.38. The number of anilines is 1. The van der Waals surface area contributed by atoms with Gasteiger partial charge in [-0.2, -0.15) is 0 Å². The van der Waals surface area contributed by atoms with Gasteiger partial charge in [0.15, 0.2) is 0 Å². The van der Waals surface area contributed by atoms with Crippen LogP contribution in [0.2, 0.25) is 0 Å². The molecule has 0 bridgehead atoms. The summed E-state index contributed by atoms with van der Waals surface area (Å²) in [6.45, 7) is 6.35. The van der Waals surface area contributed by atoms with Crippen LogP contribution >= 0.6 is 0 Å². The third-order valence-electron chi connectivity index (χ3n) is 5.39. The van der Waals surface area contributed by atoms with Crippen LogP contribution in [0.3, 0.4) is 0 Å². The largest absolute Gasteiger partial charge is 0.371 e. The number of hydrogen-bond acceptors (Lipinski definition) is 2. The maximum Gasteiger partial charge on any atom is 0.260 e. The summed E-state index contributed by atoms with van der Waals surface area (Å²) < 4.78 is 1.85. The Labute approximate surface area is 148 Å². The monoisotopic (exact) mass is 332 g/mol. The fourth-order valence-electron chi connectivity index (χ4n) is 3.92. The molecular weight excluding hydrogens is 308 g/mol. The molecule has 4 rings (SSSR count). The summed E-state index contributed by atoms with van der Waals surface area (Å²) >= 11 is 0. The number of rotatable bonds is 2. The van der Waals surface area contributed by atoms with Crippen molar-refractivity contribution in [3.63, 3.8) is 0 Å². The van der Waals surface area contributed by atoms with E-state index in [0.717, 1.165) is 46.8 Å². The second-order valence-corrected chi connectivity index (χ2v) is 7.14. The number of aromatic nitrogens is 1. The Bertz CT molecular complexity index is 951. The number of hydrogen-bond donors (Lipinski definition) is 0. The summed E-state index contributed by atoms with van der Waals surface area (Å²) in [4.78, 5) is 15.7. The number of pyridine rings is 1. The third-order valence-corrected chi connectivity index (χ3v) is 5.39. The van der Waals surface area contributed by atoms with E-state index in [0.29, 0.717) is 0 Å². The predicted molar refractivity (Wildman–Crippen MR) is 105 cm³/mol. The van der Waals surface area contributed by atoms with Gasteiger partial charge in [-0.3, -0.25) is 9.36 Å². The normalized spacial score (nSPS) is 15.7. The molecule has 0 spiro atoms.